The Hall–Kier alpha value is -3.21. The lowest BCUT2D eigenvalue weighted by Gasteiger charge is -2.26. The molecule has 0 saturated carbocycles. The number of rotatable bonds is 3. The Morgan fingerprint density at radius 1 is 0.964 bits per heavy atom. The smallest absolute Gasteiger partial charge is 0.253 e. The zero-order chi connectivity index (χ0) is 19.7. The van der Waals surface area contributed by atoms with Gasteiger partial charge >= 0.3 is 0 Å². The molecule has 1 amide bonds. The second kappa shape index (κ2) is 7.43. The summed E-state index contributed by atoms with van der Waals surface area (Å²) in [4.78, 5) is 25.0. The van der Waals surface area contributed by atoms with E-state index in [-0.39, 0.29) is 5.91 Å². The number of carbonyl (C=O) groups is 1. The molecule has 3 heterocycles. The van der Waals surface area contributed by atoms with E-state index in [1.807, 2.05) is 42.9 Å². The summed E-state index contributed by atoms with van der Waals surface area (Å²) < 4.78 is 0. The Labute approximate surface area is 165 Å². The minimum absolute atomic E-state index is 0.00327. The van der Waals surface area contributed by atoms with Crippen LogP contribution < -0.4 is 4.90 Å². The van der Waals surface area contributed by atoms with Gasteiger partial charge in [-0.1, -0.05) is 12.1 Å². The van der Waals surface area contributed by atoms with Crippen molar-refractivity contribution in [3.63, 3.8) is 0 Å². The third-order valence-corrected chi connectivity index (χ3v) is 5.19. The molecular weight excluding hydrogens is 348 g/mol. The predicted octanol–water partition coefficient (Wildman–Crippen LogP) is 3.89. The molecule has 2 aromatic heterocycles. The van der Waals surface area contributed by atoms with Gasteiger partial charge in [0.05, 0.1) is 0 Å². The summed E-state index contributed by atoms with van der Waals surface area (Å²) in [5, 5.41) is 0. The van der Waals surface area contributed by atoms with Crippen LogP contribution in [0.25, 0.3) is 22.3 Å². The van der Waals surface area contributed by atoms with Crippen LogP contribution in [0.5, 0.6) is 0 Å². The lowest BCUT2D eigenvalue weighted by molar-refractivity contribution is 0.0827. The number of amides is 1. The number of hydrogen-bond donors (Lipinski definition) is 0. The molecule has 0 radical (unpaired) electrons. The van der Waals surface area contributed by atoms with Gasteiger partial charge in [0.2, 0.25) is 0 Å². The molecule has 1 aliphatic rings. The predicted molar refractivity (Wildman–Crippen MR) is 113 cm³/mol. The van der Waals surface area contributed by atoms with Crippen LogP contribution in [0.2, 0.25) is 0 Å². The molecule has 0 unspecified atom stereocenters. The molecule has 142 valence electrons. The van der Waals surface area contributed by atoms with E-state index >= 15 is 0 Å². The molecule has 3 aromatic rings. The summed E-state index contributed by atoms with van der Waals surface area (Å²) in [6.45, 7) is 1.06. The number of fused-ring (bicyclic) bond motifs is 1. The number of carbonyl (C=O) groups excluding carboxylic acids is 1. The van der Waals surface area contributed by atoms with E-state index in [0.29, 0.717) is 5.56 Å². The van der Waals surface area contributed by atoms with Crippen LogP contribution in [0.1, 0.15) is 22.3 Å². The normalized spacial score (nSPS) is 13.2. The van der Waals surface area contributed by atoms with Crippen molar-refractivity contribution in [2.45, 2.75) is 12.8 Å². The van der Waals surface area contributed by atoms with Gasteiger partial charge in [-0.2, -0.15) is 0 Å². The van der Waals surface area contributed by atoms with Crippen molar-refractivity contribution >= 4 is 11.7 Å². The number of hydrogen-bond acceptors (Lipinski definition) is 4. The summed E-state index contributed by atoms with van der Waals surface area (Å²) in [6, 6.07) is 12.0. The van der Waals surface area contributed by atoms with Gasteiger partial charge in [-0.05, 0) is 48.2 Å². The van der Waals surface area contributed by atoms with Gasteiger partial charge in [-0.3, -0.25) is 9.78 Å². The van der Waals surface area contributed by atoms with Crippen LogP contribution in [0.4, 0.5) is 5.82 Å². The third kappa shape index (κ3) is 3.48. The van der Waals surface area contributed by atoms with E-state index in [9.17, 15) is 4.79 Å². The second-order valence-corrected chi connectivity index (χ2v) is 7.47. The van der Waals surface area contributed by atoms with Gasteiger partial charge in [0.15, 0.2) is 0 Å². The molecule has 0 spiro atoms. The largest absolute Gasteiger partial charge is 0.359 e. The molecule has 0 saturated heterocycles. The highest BCUT2D eigenvalue weighted by atomic mass is 16.2. The van der Waals surface area contributed by atoms with Gasteiger partial charge in [0.1, 0.15) is 5.82 Å². The molecule has 0 N–H and O–H groups in total. The van der Waals surface area contributed by atoms with E-state index in [1.54, 1.807) is 19.0 Å². The van der Waals surface area contributed by atoms with Crippen molar-refractivity contribution in [3.8, 4) is 22.3 Å². The van der Waals surface area contributed by atoms with Crippen molar-refractivity contribution in [1.82, 2.24) is 14.9 Å². The first kappa shape index (κ1) is 18.2. The first-order valence-electron chi connectivity index (χ1n) is 9.50. The zero-order valence-corrected chi connectivity index (χ0v) is 16.5. The van der Waals surface area contributed by atoms with E-state index in [0.717, 1.165) is 47.5 Å². The zero-order valence-electron chi connectivity index (χ0n) is 16.5. The summed E-state index contributed by atoms with van der Waals surface area (Å²) in [6.07, 6.45) is 7.88. The quantitative estimate of drug-likeness (QED) is 0.700. The fourth-order valence-electron chi connectivity index (χ4n) is 3.62. The number of aromatic nitrogens is 2. The molecule has 4 rings (SSSR count). The molecule has 5 nitrogen and oxygen atoms in total. The van der Waals surface area contributed by atoms with Gasteiger partial charge in [-0.25, -0.2) is 4.98 Å². The maximum absolute atomic E-state index is 12.1. The fourth-order valence-corrected chi connectivity index (χ4v) is 3.62. The van der Waals surface area contributed by atoms with Crippen LogP contribution >= 0.6 is 0 Å². The molecular formula is C23H24N4O. The monoisotopic (exact) mass is 372 g/mol. The highest BCUT2D eigenvalue weighted by Crippen LogP contribution is 2.30. The third-order valence-electron chi connectivity index (χ3n) is 5.19. The number of pyridine rings is 2. The van der Waals surface area contributed by atoms with Crippen LogP contribution in [0.15, 0.2) is 55.0 Å². The fraction of sp³-hybridized carbons (Fsp3) is 0.261. The Bertz CT molecular complexity index is 1010. The van der Waals surface area contributed by atoms with E-state index in [1.165, 1.54) is 5.56 Å². The molecule has 0 atom stereocenters. The van der Waals surface area contributed by atoms with Gasteiger partial charge in [-0.15, -0.1) is 0 Å². The Morgan fingerprint density at radius 2 is 1.64 bits per heavy atom. The summed E-state index contributed by atoms with van der Waals surface area (Å²) in [5.41, 5.74) is 6.17. The molecule has 1 aromatic carbocycles. The average Bonchev–Trinajstić information content (AvgIpc) is 2.73. The number of nitrogens with zero attached hydrogens (tertiary/aromatic N) is 4. The van der Waals surface area contributed by atoms with Gasteiger partial charge in [0, 0.05) is 68.5 Å². The number of anilines is 1. The SMILES string of the molecule is CN(C)C(=O)c1ccc(-c2cncc(-c3cnc4c(c3)CCCN4C)c2)cc1. The lowest BCUT2D eigenvalue weighted by Crippen LogP contribution is -2.25. The molecule has 28 heavy (non-hydrogen) atoms. The van der Waals surface area contributed by atoms with E-state index < -0.39 is 0 Å². The average molecular weight is 372 g/mol. The van der Waals surface area contributed by atoms with Crippen LogP contribution in [-0.2, 0) is 6.42 Å². The van der Waals surface area contributed by atoms with Gasteiger partial charge < -0.3 is 9.80 Å². The Balaban J connectivity index is 1.64. The van der Waals surface area contributed by atoms with Crippen LogP contribution in [0.3, 0.4) is 0 Å². The number of aryl methyl sites for hydroxylation is 1. The van der Waals surface area contributed by atoms with Crippen LogP contribution in [-0.4, -0.2) is 48.5 Å². The first-order chi connectivity index (χ1) is 13.5. The minimum Gasteiger partial charge on any atom is -0.359 e. The second-order valence-electron chi connectivity index (χ2n) is 7.47. The number of benzene rings is 1. The van der Waals surface area contributed by atoms with E-state index in [2.05, 4.69) is 34.0 Å². The first-order valence-corrected chi connectivity index (χ1v) is 9.50. The van der Waals surface area contributed by atoms with Crippen molar-refractivity contribution in [3.05, 3.63) is 66.1 Å². The molecule has 5 heteroatoms. The molecule has 0 bridgehead atoms. The maximum atomic E-state index is 12.1. The molecule has 0 fully saturated rings. The lowest BCUT2D eigenvalue weighted by atomic mass is 9.99. The van der Waals surface area contributed by atoms with Gasteiger partial charge in [0.25, 0.3) is 5.91 Å². The minimum atomic E-state index is 0.00327. The van der Waals surface area contributed by atoms with Crippen molar-refractivity contribution in [2.75, 3.05) is 32.6 Å². The highest BCUT2D eigenvalue weighted by molar-refractivity contribution is 5.94. The molecule has 1 aliphatic heterocycles. The van der Waals surface area contributed by atoms with Crippen LogP contribution in [0, 0.1) is 0 Å². The van der Waals surface area contributed by atoms with Crippen molar-refractivity contribution in [2.24, 2.45) is 0 Å². The topological polar surface area (TPSA) is 49.3 Å². The maximum Gasteiger partial charge on any atom is 0.253 e. The van der Waals surface area contributed by atoms with Crippen molar-refractivity contribution < 1.29 is 4.79 Å². The molecule has 0 aliphatic carbocycles. The summed E-state index contributed by atoms with van der Waals surface area (Å²) >= 11 is 0. The van der Waals surface area contributed by atoms with E-state index in [4.69, 9.17) is 0 Å². The highest BCUT2D eigenvalue weighted by Gasteiger charge is 2.16. The van der Waals surface area contributed by atoms with Crippen molar-refractivity contribution in [1.29, 1.82) is 0 Å². The Kier molecular flexibility index (Phi) is 4.82. The standard InChI is InChI=1S/C23H24N4O/c1-26(2)23(28)17-8-6-16(7-9-17)19-12-20(14-24-13-19)21-11-18-5-4-10-27(3)22(18)25-15-21/h6-9,11-15H,4-5,10H2,1-3H3. The summed E-state index contributed by atoms with van der Waals surface area (Å²) in [7, 11) is 5.61. The summed E-state index contributed by atoms with van der Waals surface area (Å²) in [5.74, 6) is 1.09. The Morgan fingerprint density at radius 3 is 2.36 bits per heavy atom.